The number of likely N-dealkylation sites (tertiary alicyclic amines) is 1. The van der Waals surface area contributed by atoms with Gasteiger partial charge in [0.05, 0.1) is 19.1 Å². The monoisotopic (exact) mass is 414 g/mol. The molecule has 1 saturated heterocycles. The lowest BCUT2D eigenvalue weighted by molar-refractivity contribution is -0.121. The highest BCUT2D eigenvalue weighted by molar-refractivity contribution is 5.87. The molecule has 0 aromatic heterocycles. The molecule has 4 heteroatoms. The summed E-state index contributed by atoms with van der Waals surface area (Å²) in [4.78, 5) is 15.9. The van der Waals surface area contributed by atoms with Crippen LogP contribution in [0.1, 0.15) is 41.5 Å². The SMILES string of the molecule is COc1ccc([C@@H](CNC(=O)C(c2ccccc2)c2ccccc2)N2CCCC2)cc1. The number of hydrogen-bond donors (Lipinski definition) is 1. The van der Waals surface area contributed by atoms with Crippen molar-refractivity contribution in [3.05, 3.63) is 102 Å². The molecule has 0 unspecified atom stereocenters. The number of carbonyl (C=O) groups is 1. The minimum Gasteiger partial charge on any atom is -0.497 e. The van der Waals surface area contributed by atoms with Crippen molar-refractivity contribution in [2.75, 3.05) is 26.7 Å². The molecule has 160 valence electrons. The van der Waals surface area contributed by atoms with Crippen molar-refractivity contribution in [3.8, 4) is 5.75 Å². The van der Waals surface area contributed by atoms with Gasteiger partial charge in [-0.3, -0.25) is 9.69 Å². The Morgan fingerprint density at radius 3 is 1.90 bits per heavy atom. The molecule has 1 fully saturated rings. The summed E-state index contributed by atoms with van der Waals surface area (Å²) in [5.74, 6) is 0.564. The number of amides is 1. The molecule has 1 aliphatic heterocycles. The van der Waals surface area contributed by atoms with Crippen LogP contribution in [0.15, 0.2) is 84.9 Å². The average molecular weight is 415 g/mol. The van der Waals surface area contributed by atoms with Crippen LogP contribution in [-0.4, -0.2) is 37.6 Å². The fourth-order valence-corrected chi connectivity index (χ4v) is 4.42. The molecule has 0 radical (unpaired) electrons. The highest BCUT2D eigenvalue weighted by Crippen LogP contribution is 2.28. The summed E-state index contributed by atoms with van der Waals surface area (Å²) >= 11 is 0. The molecule has 1 atom stereocenters. The predicted octanol–water partition coefficient (Wildman–Crippen LogP) is 4.78. The molecule has 1 aliphatic rings. The second kappa shape index (κ2) is 10.3. The van der Waals surface area contributed by atoms with E-state index in [0.29, 0.717) is 6.54 Å². The van der Waals surface area contributed by atoms with E-state index in [1.54, 1.807) is 7.11 Å². The van der Waals surface area contributed by atoms with Crippen molar-refractivity contribution < 1.29 is 9.53 Å². The molecule has 4 nitrogen and oxygen atoms in total. The van der Waals surface area contributed by atoms with Crippen molar-refractivity contribution in [2.45, 2.75) is 24.8 Å². The number of methoxy groups -OCH3 is 1. The van der Waals surface area contributed by atoms with Crippen LogP contribution in [0.4, 0.5) is 0 Å². The Labute approximate surface area is 184 Å². The first-order valence-electron chi connectivity index (χ1n) is 11.0. The fourth-order valence-electron chi connectivity index (χ4n) is 4.42. The van der Waals surface area contributed by atoms with Gasteiger partial charge in [-0.25, -0.2) is 0 Å². The normalized spacial score (nSPS) is 15.0. The molecule has 31 heavy (non-hydrogen) atoms. The largest absolute Gasteiger partial charge is 0.497 e. The zero-order valence-electron chi connectivity index (χ0n) is 18.0. The Balaban J connectivity index is 1.55. The third-order valence-corrected chi connectivity index (χ3v) is 6.08. The molecule has 4 rings (SSSR count). The fraction of sp³-hybridized carbons (Fsp3) is 0.296. The van der Waals surface area contributed by atoms with Crippen LogP contribution in [0.2, 0.25) is 0 Å². The molecule has 1 N–H and O–H groups in total. The molecule has 3 aromatic rings. The van der Waals surface area contributed by atoms with Crippen LogP contribution >= 0.6 is 0 Å². The van der Waals surface area contributed by atoms with E-state index in [-0.39, 0.29) is 17.9 Å². The van der Waals surface area contributed by atoms with Gasteiger partial charge in [-0.05, 0) is 54.8 Å². The minimum atomic E-state index is -0.322. The molecule has 1 amide bonds. The molecule has 1 heterocycles. The Hall–Kier alpha value is -3.11. The van der Waals surface area contributed by atoms with Gasteiger partial charge in [-0.15, -0.1) is 0 Å². The molecule has 3 aromatic carbocycles. The zero-order chi connectivity index (χ0) is 21.5. The first-order chi connectivity index (χ1) is 15.3. The number of carbonyl (C=O) groups excluding carboxylic acids is 1. The second-order valence-corrected chi connectivity index (χ2v) is 8.03. The van der Waals surface area contributed by atoms with Gasteiger partial charge in [0.1, 0.15) is 5.75 Å². The summed E-state index contributed by atoms with van der Waals surface area (Å²) in [5, 5.41) is 3.27. The van der Waals surface area contributed by atoms with Crippen LogP contribution in [0.5, 0.6) is 5.75 Å². The Morgan fingerprint density at radius 1 is 0.839 bits per heavy atom. The van der Waals surface area contributed by atoms with Crippen LogP contribution in [-0.2, 0) is 4.79 Å². The van der Waals surface area contributed by atoms with E-state index >= 15 is 0 Å². The molecule has 0 bridgehead atoms. The summed E-state index contributed by atoms with van der Waals surface area (Å²) in [6, 6.07) is 28.4. The second-order valence-electron chi connectivity index (χ2n) is 8.03. The Kier molecular flexibility index (Phi) is 7.00. The van der Waals surface area contributed by atoms with Gasteiger partial charge >= 0.3 is 0 Å². The lowest BCUT2D eigenvalue weighted by Crippen LogP contribution is -2.39. The minimum absolute atomic E-state index is 0.0371. The highest BCUT2D eigenvalue weighted by Gasteiger charge is 2.27. The Bertz CT molecular complexity index is 912. The number of ether oxygens (including phenoxy) is 1. The molecule has 0 aliphatic carbocycles. The summed E-state index contributed by atoms with van der Waals surface area (Å²) in [7, 11) is 1.68. The van der Waals surface area contributed by atoms with Gasteiger partial charge < -0.3 is 10.1 Å². The molecule has 0 spiro atoms. The van der Waals surface area contributed by atoms with Crippen LogP contribution in [0.25, 0.3) is 0 Å². The van der Waals surface area contributed by atoms with E-state index < -0.39 is 0 Å². The molecule has 0 saturated carbocycles. The number of nitrogens with zero attached hydrogens (tertiary/aromatic N) is 1. The summed E-state index contributed by atoms with van der Waals surface area (Å²) in [5.41, 5.74) is 3.22. The smallest absolute Gasteiger partial charge is 0.232 e. The third kappa shape index (κ3) is 5.15. The van der Waals surface area contributed by atoms with Gasteiger partial charge in [0.15, 0.2) is 0 Å². The quantitative estimate of drug-likeness (QED) is 0.577. The van der Waals surface area contributed by atoms with Crippen LogP contribution in [0, 0.1) is 0 Å². The van der Waals surface area contributed by atoms with Gasteiger partial charge in [0, 0.05) is 6.54 Å². The summed E-state index contributed by atoms with van der Waals surface area (Å²) in [6.07, 6.45) is 2.41. The first kappa shape index (κ1) is 21.1. The maximum atomic E-state index is 13.4. The van der Waals surface area contributed by atoms with E-state index in [1.165, 1.54) is 18.4 Å². The van der Waals surface area contributed by atoms with Crippen molar-refractivity contribution in [1.29, 1.82) is 0 Å². The standard InChI is InChI=1S/C27H30N2O2/c1-31-24-16-14-21(15-17-24)25(29-18-8-9-19-29)20-28-27(30)26(22-10-4-2-5-11-22)23-12-6-3-7-13-23/h2-7,10-17,25-26H,8-9,18-20H2,1H3,(H,28,30)/t25-/m1/s1. The van der Waals surface area contributed by atoms with E-state index in [0.717, 1.165) is 30.0 Å². The van der Waals surface area contributed by atoms with Crippen LogP contribution < -0.4 is 10.1 Å². The van der Waals surface area contributed by atoms with Gasteiger partial charge in [0.25, 0.3) is 0 Å². The number of nitrogens with one attached hydrogen (secondary N) is 1. The van der Waals surface area contributed by atoms with Crippen LogP contribution in [0.3, 0.4) is 0 Å². The van der Waals surface area contributed by atoms with Gasteiger partial charge in [0.2, 0.25) is 5.91 Å². The summed E-state index contributed by atoms with van der Waals surface area (Å²) < 4.78 is 5.32. The maximum absolute atomic E-state index is 13.4. The topological polar surface area (TPSA) is 41.6 Å². The first-order valence-corrected chi connectivity index (χ1v) is 11.0. The zero-order valence-corrected chi connectivity index (χ0v) is 18.0. The van der Waals surface area contributed by atoms with E-state index in [4.69, 9.17) is 4.74 Å². The summed E-state index contributed by atoms with van der Waals surface area (Å²) in [6.45, 7) is 2.71. The molecular weight excluding hydrogens is 384 g/mol. The Morgan fingerprint density at radius 2 is 1.39 bits per heavy atom. The van der Waals surface area contributed by atoms with Gasteiger partial charge in [-0.1, -0.05) is 72.8 Å². The van der Waals surface area contributed by atoms with E-state index in [2.05, 4.69) is 22.3 Å². The third-order valence-electron chi connectivity index (χ3n) is 6.08. The van der Waals surface area contributed by atoms with Crippen molar-refractivity contribution in [1.82, 2.24) is 10.2 Å². The highest BCUT2D eigenvalue weighted by atomic mass is 16.5. The number of rotatable bonds is 8. The predicted molar refractivity (Wildman–Crippen MR) is 124 cm³/mol. The van der Waals surface area contributed by atoms with E-state index in [1.807, 2.05) is 72.8 Å². The van der Waals surface area contributed by atoms with Crippen molar-refractivity contribution >= 4 is 5.91 Å². The maximum Gasteiger partial charge on any atom is 0.232 e. The lowest BCUT2D eigenvalue weighted by Gasteiger charge is -2.29. The van der Waals surface area contributed by atoms with Crippen molar-refractivity contribution in [3.63, 3.8) is 0 Å². The number of hydrogen-bond acceptors (Lipinski definition) is 3. The average Bonchev–Trinajstić information content (AvgIpc) is 3.36. The molecular formula is C27H30N2O2. The van der Waals surface area contributed by atoms with E-state index in [9.17, 15) is 4.79 Å². The number of benzene rings is 3. The van der Waals surface area contributed by atoms with Gasteiger partial charge in [-0.2, -0.15) is 0 Å². The van der Waals surface area contributed by atoms with Crippen molar-refractivity contribution in [2.24, 2.45) is 0 Å². The lowest BCUT2D eigenvalue weighted by atomic mass is 9.90.